The number of hydrogen-bond acceptors (Lipinski definition) is 8. The maximum atomic E-state index is 12.8. The monoisotopic (exact) mass is 530 g/mol. The number of methoxy groups -OCH3 is 1. The van der Waals surface area contributed by atoms with Crippen LogP contribution in [-0.2, 0) is 22.4 Å². The highest BCUT2D eigenvalue weighted by atomic mass is 19.1. The van der Waals surface area contributed by atoms with Gasteiger partial charge in [-0.3, -0.25) is 24.7 Å². The van der Waals surface area contributed by atoms with Gasteiger partial charge in [0, 0.05) is 0 Å². The number of alkyl halides is 1. The van der Waals surface area contributed by atoms with Crippen LogP contribution >= 0.6 is 0 Å². The van der Waals surface area contributed by atoms with Crippen molar-refractivity contribution in [3.63, 3.8) is 0 Å². The number of imide groups is 1. The van der Waals surface area contributed by atoms with Gasteiger partial charge in [0.25, 0.3) is 11.8 Å². The number of halogens is 1. The zero-order chi connectivity index (χ0) is 27.7. The lowest BCUT2D eigenvalue weighted by atomic mass is 9.89. The van der Waals surface area contributed by atoms with Crippen LogP contribution < -0.4 is 4.74 Å². The minimum Gasteiger partial charge on any atom is -0.491 e. The van der Waals surface area contributed by atoms with Crippen molar-refractivity contribution in [2.45, 2.75) is 32.6 Å². The summed E-state index contributed by atoms with van der Waals surface area (Å²) in [4.78, 5) is 47.8. The Morgan fingerprint density at radius 2 is 1.56 bits per heavy atom. The molecule has 0 bridgehead atoms. The van der Waals surface area contributed by atoms with Gasteiger partial charge < -0.3 is 9.47 Å². The molecule has 9 nitrogen and oxygen atoms in total. The van der Waals surface area contributed by atoms with Gasteiger partial charge in [0.2, 0.25) is 0 Å². The standard InChI is InChI=1S/C29H27FN4O5/c1-16-3-9-22-23(10-8-19(16)27(31)17-4-6-18(7-5-17)39-12-11-30)33-25-14-21-20(13-24(25)32-22)28(36)34(29(21)37)15-26(35)38-2/h4-7,13-14,31H,3,8-12,15H2,1-2H3/b19-16+,31-27?. The molecule has 39 heavy (non-hydrogen) atoms. The van der Waals surface area contributed by atoms with Crippen LogP contribution in [0.4, 0.5) is 4.39 Å². The van der Waals surface area contributed by atoms with E-state index in [0.29, 0.717) is 48.2 Å². The Balaban J connectivity index is 1.40. The number of fused-ring (bicyclic) bond motifs is 3. The van der Waals surface area contributed by atoms with E-state index in [1.54, 1.807) is 36.4 Å². The first-order chi connectivity index (χ1) is 18.8. The van der Waals surface area contributed by atoms with E-state index in [1.807, 2.05) is 6.92 Å². The molecule has 3 aromatic rings. The molecule has 10 heteroatoms. The van der Waals surface area contributed by atoms with Crippen LogP contribution in [-0.4, -0.2) is 65.3 Å². The molecule has 1 aliphatic heterocycles. The van der Waals surface area contributed by atoms with Gasteiger partial charge >= 0.3 is 5.97 Å². The SMILES string of the molecule is COC(=O)CN1C(=O)c2cc3nc4c(nc3cc2C1=O)CC/C(C(=N)c1ccc(OCCF)cc1)=C(/C)CC4. The van der Waals surface area contributed by atoms with Crippen LogP contribution in [0.5, 0.6) is 5.75 Å². The third-order valence-electron chi connectivity index (χ3n) is 7.08. The zero-order valence-corrected chi connectivity index (χ0v) is 21.7. The van der Waals surface area contributed by atoms with Crippen LogP contribution in [0.15, 0.2) is 47.5 Å². The highest BCUT2D eigenvalue weighted by molar-refractivity contribution is 6.23. The maximum Gasteiger partial charge on any atom is 0.325 e. The molecular weight excluding hydrogens is 503 g/mol. The first-order valence-electron chi connectivity index (χ1n) is 12.6. The summed E-state index contributed by atoms with van der Waals surface area (Å²) in [6.45, 7) is 1.00. The van der Waals surface area contributed by atoms with E-state index in [0.717, 1.165) is 33.0 Å². The number of rotatable bonds is 7. The number of esters is 1. The second-order valence-corrected chi connectivity index (χ2v) is 9.47. The summed E-state index contributed by atoms with van der Waals surface area (Å²) in [5.41, 5.74) is 6.22. The molecule has 1 aliphatic carbocycles. The van der Waals surface area contributed by atoms with Crippen molar-refractivity contribution in [1.29, 1.82) is 5.41 Å². The average Bonchev–Trinajstić information content (AvgIpc) is 3.16. The first kappa shape index (κ1) is 26.1. The predicted molar refractivity (Wildman–Crippen MR) is 141 cm³/mol. The fourth-order valence-electron chi connectivity index (χ4n) is 4.95. The van der Waals surface area contributed by atoms with Gasteiger partial charge in [-0.2, -0.15) is 0 Å². The number of amides is 2. The minimum atomic E-state index is -0.682. The van der Waals surface area contributed by atoms with Crippen molar-refractivity contribution < 1.29 is 28.2 Å². The number of carbonyl (C=O) groups is 3. The topological polar surface area (TPSA) is 123 Å². The van der Waals surface area contributed by atoms with Crippen molar-refractivity contribution in [2.24, 2.45) is 0 Å². The van der Waals surface area contributed by atoms with Crippen molar-refractivity contribution in [2.75, 3.05) is 26.9 Å². The summed E-state index contributed by atoms with van der Waals surface area (Å²) in [6, 6.07) is 10.2. The molecule has 200 valence electrons. The Labute approximate surface area is 224 Å². The predicted octanol–water partition coefficient (Wildman–Crippen LogP) is 4.01. The van der Waals surface area contributed by atoms with E-state index in [1.165, 1.54) is 7.11 Å². The normalized spacial score (nSPS) is 16.9. The van der Waals surface area contributed by atoms with Crippen molar-refractivity contribution >= 4 is 34.5 Å². The number of ether oxygens (including phenoxy) is 2. The van der Waals surface area contributed by atoms with Gasteiger partial charge in [-0.05, 0) is 80.1 Å². The number of aryl methyl sites for hydroxylation is 2. The van der Waals surface area contributed by atoms with Crippen LogP contribution in [0.25, 0.3) is 11.0 Å². The first-order valence-corrected chi connectivity index (χ1v) is 12.6. The quantitative estimate of drug-likeness (QED) is 0.278. The molecule has 0 unspecified atom stereocenters. The van der Waals surface area contributed by atoms with Crippen LogP contribution in [0.1, 0.15) is 57.4 Å². The van der Waals surface area contributed by atoms with E-state index in [4.69, 9.17) is 20.1 Å². The second-order valence-electron chi connectivity index (χ2n) is 9.47. The summed E-state index contributed by atoms with van der Waals surface area (Å²) < 4.78 is 22.3. The van der Waals surface area contributed by atoms with E-state index in [9.17, 15) is 18.8 Å². The lowest BCUT2D eigenvalue weighted by Gasteiger charge is -2.19. The minimum absolute atomic E-state index is 0.00476. The van der Waals surface area contributed by atoms with E-state index >= 15 is 0 Å². The van der Waals surface area contributed by atoms with Crippen LogP contribution in [0.2, 0.25) is 0 Å². The fraction of sp³-hybridized carbons (Fsp3) is 0.310. The lowest BCUT2D eigenvalue weighted by Crippen LogP contribution is -2.35. The van der Waals surface area contributed by atoms with Gasteiger partial charge in [-0.1, -0.05) is 5.57 Å². The smallest absolute Gasteiger partial charge is 0.325 e. The molecule has 0 spiro atoms. The number of carbonyl (C=O) groups excluding carboxylic acids is 3. The Kier molecular flexibility index (Phi) is 7.19. The fourth-order valence-corrected chi connectivity index (χ4v) is 4.95. The van der Waals surface area contributed by atoms with Gasteiger partial charge in [0.05, 0.1) is 46.4 Å². The molecule has 1 N–H and O–H groups in total. The Bertz CT molecular complexity index is 1550. The number of nitrogens with one attached hydrogen (secondary N) is 1. The Morgan fingerprint density at radius 1 is 0.974 bits per heavy atom. The molecule has 0 radical (unpaired) electrons. The molecule has 0 fully saturated rings. The van der Waals surface area contributed by atoms with Gasteiger partial charge in [0.1, 0.15) is 25.6 Å². The van der Waals surface area contributed by atoms with E-state index < -0.39 is 31.0 Å². The molecule has 0 atom stereocenters. The van der Waals surface area contributed by atoms with Crippen molar-refractivity contribution in [3.8, 4) is 5.75 Å². The Hall–Kier alpha value is -4.47. The Morgan fingerprint density at radius 3 is 2.13 bits per heavy atom. The molecule has 2 amide bonds. The molecule has 5 rings (SSSR count). The van der Waals surface area contributed by atoms with Crippen LogP contribution in [0, 0.1) is 5.41 Å². The number of aromatic nitrogens is 2. The summed E-state index contributed by atoms with van der Waals surface area (Å²) >= 11 is 0. The largest absolute Gasteiger partial charge is 0.491 e. The molecular formula is C29H27FN4O5. The molecule has 0 saturated heterocycles. The summed E-state index contributed by atoms with van der Waals surface area (Å²) in [6.07, 6.45) is 2.46. The lowest BCUT2D eigenvalue weighted by molar-refractivity contribution is -0.140. The summed E-state index contributed by atoms with van der Waals surface area (Å²) in [5.74, 6) is -1.24. The molecule has 0 saturated carbocycles. The second kappa shape index (κ2) is 10.7. The van der Waals surface area contributed by atoms with Crippen molar-refractivity contribution in [1.82, 2.24) is 14.9 Å². The summed E-state index contributed by atoms with van der Waals surface area (Å²) in [7, 11) is 1.20. The van der Waals surface area contributed by atoms with Crippen molar-refractivity contribution in [3.05, 3.63) is 75.6 Å². The van der Waals surface area contributed by atoms with E-state index in [-0.39, 0.29) is 17.7 Å². The third kappa shape index (κ3) is 5.01. The maximum absolute atomic E-state index is 12.8. The number of nitrogens with zero attached hydrogens (tertiary/aromatic N) is 3. The van der Waals surface area contributed by atoms with Gasteiger partial charge in [-0.25, -0.2) is 14.4 Å². The molecule has 1 aromatic heterocycles. The summed E-state index contributed by atoms with van der Waals surface area (Å²) in [5, 5.41) is 8.85. The number of benzene rings is 2. The number of hydrogen-bond donors (Lipinski definition) is 1. The van der Waals surface area contributed by atoms with Crippen LogP contribution in [0.3, 0.4) is 0 Å². The molecule has 2 aromatic carbocycles. The highest BCUT2D eigenvalue weighted by Crippen LogP contribution is 2.30. The van der Waals surface area contributed by atoms with E-state index in [2.05, 4.69) is 4.74 Å². The average molecular weight is 531 g/mol. The molecule has 2 aliphatic rings. The van der Waals surface area contributed by atoms with Gasteiger partial charge in [0.15, 0.2) is 0 Å². The highest BCUT2D eigenvalue weighted by Gasteiger charge is 2.37. The number of allylic oxidation sites excluding steroid dienone is 2. The third-order valence-corrected chi connectivity index (χ3v) is 7.08. The zero-order valence-electron chi connectivity index (χ0n) is 21.7. The van der Waals surface area contributed by atoms with Gasteiger partial charge in [-0.15, -0.1) is 0 Å². The molecule has 2 heterocycles.